The number of hydrogen-bond acceptors (Lipinski definition) is 3. The number of nitrogens with one attached hydrogen (secondary N) is 1. The average Bonchev–Trinajstić information content (AvgIpc) is 3.19. The van der Waals surface area contributed by atoms with E-state index < -0.39 is 0 Å². The van der Waals surface area contributed by atoms with Gasteiger partial charge in [-0.3, -0.25) is 9.69 Å². The Hall–Kier alpha value is -2.86. The van der Waals surface area contributed by atoms with Gasteiger partial charge in [0, 0.05) is 23.0 Å². The first-order chi connectivity index (χ1) is 13.6. The number of aromatic amines is 1. The van der Waals surface area contributed by atoms with Crippen LogP contribution in [0.2, 0.25) is 0 Å². The third kappa shape index (κ3) is 2.31. The summed E-state index contributed by atoms with van der Waals surface area (Å²) in [6.45, 7) is 4.58. The van der Waals surface area contributed by atoms with Gasteiger partial charge in [0.25, 0.3) is 5.91 Å². The first-order valence-corrected chi connectivity index (χ1v) is 10.00. The second-order valence-electron chi connectivity index (χ2n) is 7.22. The van der Waals surface area contributed by atoms with E-state index >= 15 is 0 Å². The molecule has 3 aromatic rings. The summed E-state index contributed by atoms with van der Waals surface area (Å²) in [6.07, 6.45) is 0.649. The number of thiocarbonyl (C=S) groups is 1. The van der Waals surface area contributed by atoms with Crippen LogP contribution in [0.1, 0.15) is 31.1 Å². The van der Waals surface area contributed by atoms with Crippen LogP contribution in [0.4, 0.5) is 5.69 Å². The van der Waals surface area contributed by atoms with E-state index in [2.05, 4.69) is 28.9 Å². The van der Waals surface area contributed by atoms with Crippen LogP contribution < -0.4 is 9.64 Å². The molecule has 1 amide bonds. The maximum atomic E-state index is 13.5. The van der Waals surface area contributed by atoms with E-state index in [1.54, 1.807) is 4.90 Å². The molecule has 6 heteroatoms. The van der Waals surface area contributed by atoms with Crippen molar-refractivity contribution in [2.45, 2.75) is 32.4 Å². The van der Waals surface area contributed by atoms with Crippen LogP contribution in [0, 0.1) is 0 Å². The van der Waals surface area contributed by atoms with Gasteiger partial charge >= 0.3 is 0 Å². The predicted molar refractivity (Wildman–Crippen MR) is 114 cm³/mol. The van der Waals surface area contributed by atoms with Gasteiger partial charge in [0.15, 0.2) is 5.11 Å². The van der Waals surface area contributed by atoms with E-state index in [9.17, 15) is 4.79 Å². The molecule has 3 heterocycles. The van der Waals surface area contributed by atoms with Crippen LogP contribution in [0.3, 0.4) is 0 Å². The number of carbonyl (C=O) groups is 1. The predicted octanol–water partition coefficient (Wildman–Crippen LogP) is 4.19. The molecule has 1 aromatic heterocycles. The van der Waals surface area contributed by atoms with Crippen molar-refractivity contribution in [3.8, 4) is 5.75 Å². The van der Waals surface area contributed by atoms with Crippen LogP contribution in [-0.2, 0) is 11.2 Å². The number of H-pyrrole nitrogens is 1. The van der Waals surface area contributed by atoms with E-state index in [0.29, 0.717) is 23.9 Å². The van der Waals surface area contributed by atoms with Gasteiger partial charge in [-0.25, -0.2) is 0 Å². The van der Waals surface area contributed by atoms with Crippen LogP contribution in [-0.4, -0.2) is 33.6 Å². The molecule has 2 atom stereocenters. The lowest BCUT2D eigenvalue weighted by Crippen LogP contribution is -2.42. The Kier molecular flexibility index (Phi) is 3.91. The summed E-state index contributed by atoms with van der Waals surface area (Å²) < 4.78 is 5.75. The quantitative estimate of drug-likeness (QED) is 0.681. The zero-order valence-corrected chi connectivity index (χ0v) is 16.6. The lowest BCUT2D eigenvalue weighted by atomic mass is 9.93. The van der Waals surface area contributed by atoms with Gasteiger partial charge in [0.1, 0.15) is 11.8 Å². The van der Waals surface area contributed by atoms with Crippen molar-refractivity contribution in [3.63, 3.8) is 0 Å². The molecule has 1 saturated heterocycles. The van der Waals surface area contributed by atoms with E-state index in [1.165, 1.54) is 10.9 Å². The highest BCUT2D eigenvalue weighted by Gasteiger charge is 2.49. The monoisotopic (exact) mass is 391 g/mol. The minimum atomic E-state index is -0.288. The van der Waals surface area contributed by atoms with E-state index in [4.69, 9.17) is 17.0 Å². The van der Waals surface area contributed by atoms with Crippen LogP contribution in [0.5, 0.6) is 5.75 Å². The van der Waals surface area contributed by atoms with Crippen molar-refractivity contribution < 1.29 is 9.53 Å². The van der Waals surface area contributed by atoms with Gasteiger partial charge < -0.3 is 14.6 Å². The van der Waals surface area contributed by atoms with Gasteiger partial charge in [0.05, 0.1) is 18.3 Å². The van der Waals surface area contributed by atoms with Crippen LogP contribution >= 0.6 is 12.2 Å². The lowest BCUT2D eigenvalue weighted by molar-refractivity contribution is -0.120. The number of rotatable bonds is 3. The number of anilines is 1. The largest absolute Gasteiger partial charge is 0.492 e. The highest BCUT2D eigenvalue weighted by Crippen LogP contribution is 2.43. The smallest absolute Gasteiger partial charge is 0.256 e. The fourth-order valence-electron chi connectivity index (χ4n) is 4.50. The minimum Gasteiger partial charge on any atom is -0.492 e. The summed E-state index contributed by atoms with van der Waals surface area (Å²) in [4.78, 5) is 20.7. The number of benzene rings is 2. The molecule has 2 aliphatic heterocycles. The summed E-state index contributed by atoms with van der Waals surface area (Å²) in [5.41, 5.74) is 4.19. The van der Waals surface area contributed by atoms with E-state index in [-0.39, 0.29) is 18.0 Å². The molecule has 0 aliphatic carbocycles. The fourth-order valence-corrected chi connectivity index (χ4v) is 4.98. The third-order valence-electron chi connectivity index (χ3n) is 5.74. The number of ether oxygens (including phenoxy) is 1. The number of fused-ring (bicyclic) bond motifs is 4. The zero-order valence-electron chi connectivity index (χ0n) is 15.8. The van der Waals surface area contributed by atoms with Crippen molar-refractivity contribution >= 4 is 39.8 Å². The molecule has 0 spiro atoms. The Balaban J connectivity index is 1.59. The normalized spacial score (nSPS) is 21.2. The molecule has 0 radical (unpaired) electrons. The van der Waals surface area contributed by atoms with Crippen LogP contribution in [0.15, 0.2) is 48.5 Å². The number of amides is 1. The summed E-state index contributed by atoms with van der Waals surface area (Å²) >= 11 is 5.79. The SMILES string of the molecule is CCOc1ccccc1N1C(=O)[C@@H]2Cc3c([nH]c4ccccc34)[C@@H](C)N2C1=S. The van der Waals surface area contributed by atoms with Gasteiger partial charge in [-0.2, -0.15) is 0 Å². The third-order valence-corrected chi connectivity index (χ3v) is 6.13. The molecule has 5 nitrogen and oxygen atoms in total. The summed E-state index contributed by atoms with van der Waals surface area (Å²) in [5.74, 6) is 0.692. The Morgan fingerprint density at radius 3 is 2.75 bits per heavy atom. The molecular formula is C22H21N3O2S. The maximum Gasteiger partial charge on any atom is 0.256 e. The number of aromatic nitrogens is 1. The van der Waals surface area contributed by atoms with E-state index in [0.717, 1.165) is 16.9 Å². The molecule has 1 fully saturated rings. The highest BCUT2D eigenvalue weighted by atomic mass is 32.1. The average molecular weight is 391 g/mol. The first kappa shape index (κ1) is 17.3. The first-order valence-electron chi connectivity index (χ1n) is 9.59. The summed E-state index contributed by atoms with van der Waals surface area (Å²) in [6, 6.07) is 15.6. The fraction of sp³-hybridized carbons (Fsp3) is 0.273. The molecule has 2 aliphatic rings. The molecule has 2 aromatic carbocycles. The van der Waals surface area contributed by atoms with Crippen molar-refractivity contribution in [2.24, 2.45) is 0 Å². The van der Waals surface area contributed by atoms with Crippen LogP contribution in [0.25, 0.3) is 10.9 Å². The van der Waals surface area contributed by atoms with Gasteiger partial charge in [-0.1, -0.05) is 30.3 Å². The highest BCUT2D eigenvalue weighted by molar-refractivity contribution is 7.80. The summed E-state index contributed by atoms with van der Waals surface area (Å²) in [5, 5.41) is 1.73. The number of carbonyl (C=O) groups excluding carboxylic acids is 1. The van der Waals surface area contributed by atoms with E-state index in [1.807, 2.05) is 43.3 Å². The Labute approximate surface area is 168 Å². The molecular weight excluding hydrogens is 370 g/mol. The van der Waals surface area contributed by atoms with Gasteiger partial charge in [-0.05, 0) is 49.8 Å². The second-order valence-corrected chi connectivity index (χ2v) is 7.59. The maximum absolute atomic E-state index is 13.5. The Morgan fingerprint density at radius 1 is 1.18 bits per heavy atom. The van der Waals surface area contributed by atoms with Gasteiger partial charge in [-0.15, -0.1) is 0 Å². The molecule has 5 rings (SSSR count). The molecule has 1 N–H and O–H groups in total. The minimum absolute atomic E-state index is 0.00172. The van der Waals surface area contributed by atoms with Crippen molar-refractivity contribution in [2.75, 3.05) is 11.5 Å². The van der Waals surface area contributed by atoms with Crippen molar-refractivity contribution in [3.05, 3.63) is 59.8 Å². The molecule has 0 saturated carbocycles. The Morgan fingerprint density at radius 2 is 1.93 bits per heavy atom. The Bertz CT molecular complexity index is 1110. The number of para-hydroxylation sites is 3. The number of hydrogen-bond donors (Lipinski definition) is 1. The standard InChI is InChI=1S/C22H21N3O2S/c1-3-27-19-11-7-6-10-17(19)25-21(26)18-12-15-14-8-4-5-9-16(14)23-20(15)13(2)24(18)22(25)28/h4-11,13,18,23H,3,12H2,1-2H3/t13-,18+/m1/s1. The topological polar surface area (TPSA) is 48.6 Å². The zero-order chi connectivity index (χ0) is 19.4. The second kappa shape index (κ2) is 6.34. The molecule has 142 valence electrons. The van der Waals surface area contributed by atoms with Crippen molar-refractivity contribution in [1.82, 2.24) is 9.88 Å². The lowest BCUT2D eigenvalue weighted by Gasteiger charge is -2.35. The molecule has 28 heavy (non-hydrogen) atoms. The molecule has 0 unspecified atom stereocenters. The summed E-state index contributed by atoms with van der Waals surface area (Å²) in [7, 11) is 0. The van der Waals surface area contributed by atoms with Gasteiger partial charge in [0.2, 0.25) is 0 Å². The van der Waals surface area contributed by atoms with Crippen molar-refractivity contribution in [1.29, 1.82) is 0 Å². The number of nitrogens with zero attached hydrogens (tertiary/aromatic N) is 2. The molecule has 0 bridgehead atoms.